The number of fused-ring (bicyclic) bond motifs is 3. The lowest BCUT2D eigenvalue weighted by molar-refractivity contribution is 0.556. The van der Waals surface area contributed by atoms with Crippen molar-refractivity contribution in [3.63, 3.8) is 0 Å². The van der Waals surface area contributed by atoms with Gasteiger partial charge in [-0.2, -0.15) is 0 Å². The van der Waals surface area contributed by atoms with Gasteiger partial charge in [-0.25, -0.2) is 0 Å². The quantitative estimate of drug-likeness (QED) is 0.0565. The third kappa shape index (κ3) is 10.5. The van der Waals surface area contributed by atoms with E-state index >= 15 is 0 Å². The predicted octanol–water partition coefficient (Wildman–Crippen LogP) is 16.5. The molecule has 4 heterocycles. The Kier molecular flexibility index (Phi) is 15.7. The summed E-state index contributed by atoms with van der Waals surface area (Å²) in [7, 11) is 0. The van der Waals surface area contributed by atoms with Crippen molar-refractivity contribution < 1.29 is 0 Å². The molecule has 1 aromatic carbocycles. The number of thiophene rings is 4. The van der Waals surface area contributed by atoms with Gasteiger partial charge >= 0.3 is 0 Å². The van der Waals surface area contributed by atoms with Crippen molar-refractivity contribution in [1.29, 1.82) is 0 Å². The zero-order valence-corrected chi connectivity index (χ0v) is 32.1. The van der Waals surface area contributed by atoms with Gasteiger partial charge in [-0.05, 0) is 83.3 Å². The SMILES string of the molecule is CCCCCCCCCCCCc1ccsc1-c1cc2c(ccc3cc(-c4sccc4CCCCCCCCCCCC)sc32)s1. The van der Waals surface area contributed by atoms with Crippen LogP contribution in [0.4, 0.5) is 0 Å². The molecule has 250 valence electrons. The second kappa shape index (κ2) is 20.1. The van der Waals surface area contributed by atoms with Crippen LogP contribution in [-0.4, -0.2) is 0 Å². The van der Waals surface area contributed by atoms with E-state index in [2.05, 4.69) is 61.0 Å². The van der Waals surface area contributed by atoms with Crippen LogP contribution >= 0.6 is 45.3 Å². The molecule has 46 heavy (non-hydrogen) atoms. The van der Waals surface area contributed by atoms with Gasteiger partial charge in [0, 0.05) is 34.3 Å². The molecule has 0 fully saturated rings. The van der Waals surface area contributed by atoms with Gasteiger partial charge in [0.15, 0.2) is 0 Å². The van der Waals surface area contributed by atoms with Crippen LogP contribution in [0, 0.1) is 0 Å². The number of unbranched alkanes of at least 4 members (excludes halogenated alkanes) is 18. The molecule has 0 aliphatic carbocycles. The third-order valence-corrected chi connectivity index (χ3v) is 14.3. The second-order valence-electron chi connectivity index (χ2n) is 13.5. The van der Waals surface area contributed by atoms with Crippen LogP contribution in [0.15, 0.2) is 47.2 Å². The Morgan fingerprint density at radius 3 is 1.41 bits per heavy atom. The zero-order chi connectivity index (χ0) is 31.8. The van der Waals surface area contributed by atoms with Gasteiger partial charge in [0.1, 0.15) is 0 Å². The van der Waals surface area contributed by atoms with E-state index < -0.39 is 0 Å². The fourth-order valence-corrected chi connectivity index (χ4v) is 11.5. The van der Waals surface area contributed by atoms with Gasteiger partial charge in [0.05, 0.1) is 0 Å². The second-order valence-corrected chi connectivity index (χ2v) is 17.5. The summed E-state index contributed by atoms with van der Waals surface area (Å²) in [5.41, 5.74) is 3.13. The van der Waals surface area contributed by atoms with E-state index in [1.165, 1.54) is 181 Å². The van der Waals surface area contributed by atoms with Gasteiger partial charge in [-0.3, -0.25) is 0 Å². The maximum absolute atomic E-state index is 2.51. The van der Waals surface area contributed by atoms with E-state index in [0.29, 0.717) is 0 Å². The Bertz CT molecular complexity index is 1430. The van der Waals surface area contributed by atoms with Gasteiger partial charge in [-0.1, -0.05) is 135 Å². The van der Waals surface area contributed by atoms with Crippen LogP contribution in [0.25, 0.3) is 39.7 Å². The van der Waals surface area contributed by atoms with E-state index in [9.17, 15) is 0 Å². The maximum atomic E-state index is 2.51. The van der Waals surface area contributed by atoms with Gasteiger partial charge in [0.25, 0.3) is 0 Å². The molecule has 0 saturated carbocycles. The molecule has 4 aromatic heterocycles. The first-order valence-electron chi connectivity index (χ1n) is 18.9. The molecule has 4 heteroatoms. The lowest BCUT2D eigenvalue weighted by Crippen LogP contribution is -1.86. The highest BCUT2D eigenvalue weighted by molar-refractivity contribution is 7.28. The Labute approximate surface area is 296 Å². The summed E-state index contributed by atoms with van der Waals surface area (Å²) in [6, 6.07) is 14.5. The molecule has 5 rings (SSSR count). The third-order valence-electron chi connectivity index (χ3n) is 9.72. The number of benzene rings is 1. The minimum Gasteiger partial charge on any atom is -0.143 e. The van der Waals surface area contributed by atoms with Crippen LogP contribution in [0.5, 0.6) is 0 Å². The average molecular weight is 691 g/mol. The maximum Gasteiger partial charge on any atom is 0.0474 e. The highest BCUT2D eigenvalue weighted by atomic mass is 32.1. The molecule has 0 radical (unpaired) electrons. The van der Waals surface area contributed by atoms with E-state index in [-0.39, 0.29) is 0 Å². The molecule has 0 unspecified atom stereocenters. The molecule has 0 aliphatic rings. The fraction of sp³-hybridized carbons (Fsp3) is 0.571. The smallest absolute Gasteiger partial charge is 0.0474 e. The fourth-order valence-electron chi connectivity index (χ4n) is 6.94. The lowest BCUT2D eigenvalue weighted by atomic mass is 10.0. The number of hydrogen-bond acceptors (Lipinski definition) is 4. The molecule has 0 aliphatic heterocycles. The molecule has 0 N–H and O–H groups in total. The summed E-state index contributed by atoms with van der Waals surface area (Å²) in [5.74, 6) is 0. The summed E-state index contributed by atoms with van der Waals surface area (Å²) in [4.78, 5) is 5.95. The summed E-state index contributed by atoms with van der Waals surface area (Å²) in [6.07, 6.45) is 30.5. The first-order chi connectivity index (χ1) is 22.8. The zero-order valence-electron chi connectivity index (χ0n) is 28.8. The molecular formula is C42H58S4. The molecule has 0 nitrogen and oxygen atoms in total. The minimum absolute atomic E-state index is 1.22. The first kappa shape index (κ1) is 35.8. The van der Waals surface area contributed by atoms with Gasteiger partial charge in [0.2, 0.25) is 0 Å². The van der Waals surface area contributed by atoms with Crippen LogP contribution < -0.4 is 0 Å². The van der Waals surface area contributed by atoms with Crippen molar-refractivity contribution >= 4 is 65.5 Å². The standard InChI is InChI=1S/C42H58S4/c1-3-5-7-9-11-13-15-17-19-21-23-33-27-29-43-41(33)38-31-35-25-26-37-36(40(35)46-38)32-39(45-37)42-34(28-30-44-42)24-22-20-18-16-14-12-10-8-6-4-2/h25-32H,3-24H2,1-2H3. The molecule has 0 bridgehead atoms. The molecule has 0 atom stereocenters. The van der Waals surface area contributed by atoms with E-state index in [1.807, 2.05) is 45.3 Å². The van der Waals surface area contributed by atoms with E-state index in [0.717, 1.165) is 0 Å². The highest BCUT2D eigenvalue weighted by Crippen LogP contribution is 2.46. The van der Waals surface area contributed by atoms with Crippen molar-refractivity contribution in [3.05, 3.63) is 58.3 Å². The molecule has 0 amide bonds. The van der Waals surface area contributed by atoms with Crippen LogP contribution in [0.2, 0.25) is 0 Å². The number of hydrogen-bond donors (Lipinski definition) is 0. The monoisotopic (exact) mass is 690 g/mol. The molecule has 0 saturated heterocycles. The Morgan fingerprint density at radius 2 is 0.913 bits per heavy atom. The van der Waals surface area contributed by atoms with Crippen LogP contribution in [-0.2, 0) is 12.8 Å². The van der Waals surface area contributed by atoms with Crippen molar-refractivity contribution in [2.45, 2.75) is 155 Å². The van der Waals surface area contributed by atoms with Crippen molar-refractivity contribution in [3.8, 4) is 19.5 Å². The summed E-state index contributed by atoms with van der Waals surface area (Å²) >= 11 is 7.90. The Hall–Kier alpha value is -1.46. The molecule has 5 aromatic rings. The number of rotatable bonds is 24. The first-order valence-corrected chi connectivity index (χ1v) is 22.3. The highest BCUT2D eigenvalue weighted by Gasteiger charge is 2.16. The summed E-state index contributed by atoms with van der Waals surface area (Å²) in [6.45, 7) is 4.61. The van der Waals surface area contributed by atoms with E-state index in [4.69, 9.17) is 0 Å². The molecular weight excluding hydrogens is 633 g/mol. The van der Waals surface area contributed by atoms with Crippen molar-refractivity contribution in [1.82, 2.24) is 0 Å². The van der Waals surface area contributed by atoms with Gasteiger partial charge in [-0.15, -0.1) is 45.3 Å². The van der Waals surface area contributed by atoms with Gasteiger partial charge < -0.3 is 0 Å². The normalized spacial score (nSPS) is 11.9. The van der Waals surface area contributed by atoms with E-state index in [1.54, 1.807) is 11.1 Å². The Balaban J connectivity index is 1.13. The van der Waals surface area contributed by atoms with Crippen molar-refractivity contribution in [2.75, 3.05) is 0 Å². The average Bonchev–Trinajstić information content (AvgIpc) is 3.88. The van der Waals surface area contributed by atoms with Crippen molar-refractivity contribution in [2.24, 2.45) is 0 Å². The van der Waals surface area contributed by atoms with Crippen LogP contribution in [0.3, 0.4) is 0 Å². The lowest BCUT2D eigenvalue weighted by Gasteiger charge is -2.04. The summed E-state index contributed by atoms with van der Waals surface area (Å²) < 4.78 is 2.91. The summed E-state index contributed by atoms with van der Waals surface area (Å²) in [5, 5.41) is 7.50. The number of aryl methyl sites for hydroxylation is 2. The van der Waals surface area contributed by atoms with Crippen LogP contribution in [0.1, 0.15) is 153 Å². The minimum atomic E-state index is 1.22. The molecule has 0 spiro atoms. The predicted molar refractivity (Wildman–Crippen MR) is 215 cm³/mol. The Morgan fingerprint density at radius 1 is 0.457 bits per heavy atom. The largest absolute Gasteiger partial charge is 0.143 e. The topological polar surface area (TPSA) is 0 Å².